The van der Waals surface area contributed by atoms with E-state index >= 15 is 0 Å². The number of carbonyl (C=O) groups is 1. The Morgan fingerprint density at radius 1 is 1.48 bits per heavy atom. The van der Waals surface area contributed by atoms with E-state index in [2.05, 4.69) is 11.4 Å². The minimum atomic E-state index is -3.12. The first kappa shape index (κ1) is 16.6. The number of Topliss-reactive ketones (excluding diaryl/α,β-unsaturated/α-hetero) is 1. The highest BCUT2D eigenvalue weighted by Crippen LogP contribution is 2.22. The Balaban J connectivity index is 1.72. The molecule has 1 aliphatic heterocycles. The molecule has 0 radical (unpaired) electrons. The van der Waals surface area contributed by atoms with Gasteiger partial charge in [-0.15, -0.1) is 11.3 Å². The van der Waals surface area contributed by atoms with Crippen molar-refractivity contribution in [2.24, 2.45) is 5.92 Å². The van der Waals surface area contributed by atoms with Crippen molar-refractivity contribution in [2.75, 3.05) is 19.3 Å². The molecule has 0 amide bonds. The van der Waals surface area contributed by atoms with E-state index in [0.29, 0.717) is 25.9 Å². The van der Waals surface area contributed by atoms with Crippen LogP contribution in [0, 0.1) is 5.92 Å². The summed E-state index contributed by atoms with van der Waals surface area (Å²) in [6.07, 6.45) is 6.05. The monoisotopic (exact) mass is 329 g/mol. The van der Waals surface area contributed by atoms with Crippen molar-refractivity contribution < 1.29 is 13.2 Å². The number of sulfonamides is 1. The second-order valence-electron chi connectivity index (χ2n) is 5.80. The molecule has 2 rings (SSSR count). The van der Waals surface area contributed by atoms with Gasteiger partial charge in [-0.2, -0.15) is 0 Å². The molecule has 0 bridgehead atoms. The molecule has 0 spiro atoms. The Kier molecular flexibility index (Phi) is 5.96. The quantitative estimate of drug-likeness (QED) is 0.773. The fourth-order valence-electron chi connectivity index (χ4n) is 2.83. The third kappa shape index (κ3) is 5.52. The molecule has 1 saturated heterocycles. The summed E-state index contributed by atoms with van der Waals surface area (Å²) in [6, 6.07) is 4.13. The molecule has 4 nitrogen and oxygen atoms in total. The van der Waals surface area contributed by atoms with Crippen molar-refractivity contribution in [1.82, 2.24) is 4.31 Å². The Morgan fingerprint density at radius 3 is 2.95 bits per heavy atom. The van der Waals surface area contributed by atoms with Crippen LogP contribution in [0.5, 0.6) is 0 Å². The third-order valence-corrected chi connectivity index (χ3v) is 6.13. The first-order valence-corrected chi connectivity index (χ1v) is 10.2. The minimum Gasteiger partial charge on any atom is -0.300 e. The van der Waals surface area contributed by atoms with Crippen LogP contribution >= 0.6 is 11.3 Å². The summed E-state index contributed by atoms with van der Waals surface area (Å²) >= 11 is 1.73. The van der Waals surface area contributed by atoms with Crippen LogP contribution in [0.2, 0.25) is 0 Å². The summed E-state index contributed by atoms with van der Waals surface area (Å²) in [4.78, 5) is 13.4. The fraction of sp³-hybridized carbons (Fsp3) is 0.667. The van der Waals surface area contributed by atoms with Crippen molar-refractivity contribution in [1.29, 1.82) is 0 Å². The molecule has 0 saturated carbocycles. The predicted octanol–water partition coefficient (Wildman–Crippen LogP) is 2.70. The standard InChI is InChI=1S/C15H23NO3S2/c1-21(18,19)16-9-3-5-13(12-16)11-14(17)6-2-7-15-8-4-10-20-15/h4,8,10,13H,2-3,5-7,9,11-12H2,1H3. The molecule has 0 aliphatic carbocycles. The Hall–Kier alpha value is -0.720. The van der Waals surface area contributed by atoms with E-state index in [1.807, 2.05) is 6.07 Å². The minimum absolute atomic E-state index is 0.197. The lowest BCUT2D eigenvalue weighted by molar-refractivity contribution is -0.120. The number of aryl methyl sites for hydroxylation is 1. The number of ketones is 1. The number of piperidine rings is 1. The van der Waals surface area contributed by atoms with Gasteiger partial charge >= 0.3 is 0 Å². The van der Waals surface area contributed by atoms with Crippen LogP contribution in [-0.4, -0.2) is 37.9 Å². The lowest BCUT2D eigenvalue weighted by Crippen LogP contribution is -2.39. The third-order valence-electron chi connectivity index (χ3n) is 3.93. The van der Waals surface area contributed by atoms with Gasteiger partial charge in [0.15, 0.2) is 0 Å². The van der Waals surface area contributed by atoms with Crippen LogP contribution in [0.25, 0.3) is 0 Å². The number of hydrogen-bond acceptors (Lipinski definition) is 4. The Labute approximate surface area is 131 Å². The van der Waals surface area contributed by atoms with E-state index in [1.165, 1.54) is 15.4 Å². The van der Waals surface area contributed by atoms with Crippen LogP contribution in [-0.2, 0) is 21.2 Å². The molecule has 0 aromatic carbocycles. The zero-order valence-corrected chi connectivity index (χ0v) is 14.1. The molecule has 1 aromatic rings. The highest BCUT2D eigenvalue weighted by atomic mass is 32.2. The molecule has 1 unspecified atom stereocenters. The molecule has 118 valence electrons. The van der Waals surface area contributed by atoms with Crippen molar-refractivity contribution in [2.45, 2.75) is 38.5 Å². The first-order chi connectivity index (χ1) is 9.95. The smallest absolute Gasteiger partial charge is 0.211 e. The molecule has 21 heavy (non-hydrogen) atoms. The molecule has 1 atom stereocenters. The number of hydrogen-bond donors (Lipinski definition) is 0. The second kappa shape index (κ2) is 7.51. The molecule has 2 heterocycles. The zero-order valence-electron chi connectivity index (χ0n) is 12.5. The van der Waals surface area contributed by atoms with Gasteiger partial charge in [0.2, 0.25) is 10.0 Å². The van der Waals surface area contributed by atoms with Gasteiger partial charge in [0.25, 0.3) is 0 Å². The van der Waals surface area contributed by atoms with Gasteiger partial charge in [0.1, 0.15) is 5.78 Å². The number of rotatable bonds is 7. The highest BCUT2D eigenvalue weighted by Gasteiger charge is 2.26. The van der Waals surface area contributed by atoms with Crippen molar-refractivity contribution in [3.8, 4) is 0 Å². The average molecular weight is 329 g/mol. The van der Waals surface area contributed by atoms with Crippen LogP contribution in [0.4, 0.5) is 0 Å². The summed E-state index contributed by atoms with van der Waals surface area (Å²) in [5.41, 5.74) is 0. The molecular formula is C15H23NO3S2. The highest BCUT2D eigenvalue weighted by molar-refractivity contribution is 7.88. The molecule has 1 fully saturated rings. The maximum atomic E-state index is 12.0. The first-order valence-electron chi connectivity index (χ1n) is 7.44. The van der Waals surface area contributed by atoms with Gasteiger partial charge in [-0.25, -0.2) is 12.7 Å². The summed E-state index contributed by atoms with van der Waals surface area (Å²) in [7, 11) is -3.12. The van der Waals surface area contributed by atoms with E-state index < -0.39 is 10.0 Å². The molecule has 1 aliphatic rings. The van der Waals surface area contributed by atoms with Gasteiger partial charge in [-0.1, -0.05) is 6.07 Å². The molecule has 1 aromatic heterocycles. The summed E-state index contributed by atoms with van der Waals surface area (Å²) in [5, 5.41) is 2.05. The van der Waals surface area contributed by atoms with Crippen LogP contribution in [0.15, 0.2) is 17.5 Å². The van der Waals surface area contributed by atoms with E-state index in [1.54, 1.807) is 11.3 Å². The summed E-state index contributed by atoms with van der Waals surface area (Å²) < 4.78 is 24.6. The Morgan fingerprint density at radius 2 is 2.29 bits per heavy atom. The van der Waals surface area contributed by atoms with Gasteiger partial charge in [-0.05, 0) is 43.0 Å². The SMILES string of the molecule is CS(=O)(=O)N1CCCC(CC(=O)CCCc2cccs2)C1. The van der Waals surface area contributed by atoms with E-state index in [0.717, 1.165) is 25.7 Å². The normalized spacial score (nSPS) is 20.5. The molecular weight excluding hydrogens is 306 g/mol. The van der Waals surface area contributed by atoms with E-state index in [9.17, 15) is 13.2 Å². The number of nitrogens with zero attached hydrogens (tertiary/aromatic N) is 1. The van der Waals surface area contributed by atoms with Gasteiger partial charge < -0.3 is 0 Å². The summed E-state index contributed by atoms with van der Waals surface area (Å²) in [5.74, 6) is 0.467. The maximum absolute atomic E-state index is 12.0. The van der Waals surface area contributed by atoms with Crippen LogP contribution in [0.3, 0.4) is 0 Å². The topological polar surface area (TPSA) is 54.5 Å². The maximum Gasteiger partial charge on any atom is 0.211 e. The number of carbonyl (C=O) groups excluding carboxylic acids is 1. The van der Waals surface area contributed by atoms with Crippen molar-refractivity contribution in [3.63, 3.8) is 0 Å². The van der Waals surface area contributed by atoms with Crippen molar-refractivity contribution in [3.05, 3.63) is 22.4 Å². The predicted molar refractivity (Wildman–Crippen MR) is 86.0 cm³/mol. The second-order valence-corrected chi connectivity index (χ2v) is 8.82. The lowest BCUT2D eigenvalue weighted by atomic mass is 9.92. The summed E-state index contributed by atoms with van der Waals surface area (Å²) in [6.45, 7) is 1.11. The molecule has 0 N–H and O–H groups in total. The van der Waals surface area contributed by atoms with Gasteiger partial charge in [0.05, 0.1) is 6.26 Å². The van der Waals surface area contributed by atoms with Crippen LogP contribution < -0.4 is 0 Å². The van der Waals surface area contributed by atoms with Crippen molar-refractivity contribution >= 4 is 27.1 Å². The largest absolute Gasteiger partial charge is 0.300 e. The Bertz CT molecular complexity index is 551. The van der Waals surface area contributed by atoms with Crippen LogP contribution in [0.1, 0.15) is 37.0 Å². The average Bonchev–Trinajstić information content (AvgIpc) is 2.91. The van der Waals surface area contributed by atoms with Gasteiger partial charge in [0, 0.05) is 30.8 Å². The fourth-order valence-corrected chi connectivity index (χ4v) is 4.53. The number of thiophene rings is 1. The molecule has 6 heteroatoms. The lowest BCUT2D eigenvalue weighted by Gasteiger charge is -2.30. The van der Waals surface area contributed by atoms with E-state index in [4.69, 9.17) is 0 Å². The van der Waals surface area contributed by atoms with Gasteiger partial charge in [-0.3, -0.25) is 4.79 Å². The zero-order chi connectivity index (χ0) is 15.3. The van der Waals surface area contributed by atoms with E-state index in [-0.39, 0.29) is 11.7 Å².